The fraction of sp³-hybridized carbons (Fsp3) is 0.583. The number of ether oxygens (including phenoxy) is 2. The maximum atomic E-state index is 12.2. The highest BCUT2D eigenvalue weighted by Crippen LogP contribution is 2.32. The molecule has 98 valence electrons. The van der Waals surface area contributed by atoms with Gasteiger partial charge in [0.05, 0.1) is 25.0 Å². The van der Waals surface area contributed by atoms with E-state index in [1.807, 2.05) is 4.90 Å². The average Bonchev–Trinajstić information content (AvgIpc) is 2.99. The Morgan fingerprint density at radius 2 is 1.94 bits per heavy atom. The summed E-state index contributed by atoms with van der Waals surface area (Å²) in [5.74, 6) is -0.451. The second-order valence-electron chi connectivity index (χ2n) is 4.51. The van der Waals surface area contributed by atoms with Gasteiger partial charge < -0.3 is 18.8 Å². The lowest BCUT2D eigenvalue weighted by Gasteiger charge is -2.37. The zero-order valence-electron chi connectivity index (χ0n) is 9.86. The first-order chi connectivity index (χ1) is 8.70. The van der Waals surface area contributed by atoms with E-state index in [1.165, 1.54) is 6.26 Å². The summed E-state index contributed by atoms with van der Waals surface area (Å²) < 4.78 is 16.8. The van der Waals surface area contributed by atoms with Crippen molar-refractivity contribution in [1.29, 1.82) is 0 Å². The van der Waals surface area contributed by atoms with Gasteiger partial charge in [-0.1, -0.05) is 0 Å². The first-order valence-electron chi connectivity index (χ1n) is 6.00. The average molecular weight is 316 g/mol. The van der Waals surface area contributed by atoms with E-state index in [2.05, 4.69) is 15.9 Å². The molecule has 0 atom stereocenters. The van der Waals surface area contributed by atoms with Crippen molar-refractivity contribution < 1.29 is 18.7 Å². The zero-order valence-corrected chi connectivity index (χ0v) is 11.4. The van der Waals surface area contributed by atoms with Crippen molar-refractivity contribution in [3.63, 3.8) is 0 Å². The van der Waals surface area contributed by atoms with E-state index >= 15 is 0 Å². The van der Waals surface area contributed by atoms with Gasteiger partial charge in [-0.2, -0.15) is 0 Å². The molecule has 5 nitrogen and oxygen atoms in total. The van der Waals surface area contributed by atoms with Gasteiger partial charge in [0, 0.05) is 25.9 Å². The normalized spacial score (nSPS) is 22.6. The Labute approximate surface area is 113 Å². The molecule has 3 heterocycles. The van der Waals surface area contributed by atoms with Crippen molar-refractivity contribution in [2.45, 2.75) is 18.6 Å². The van der Waals surface area contributed by atoms with Crippen LogP contribution in [0.15, 0.2) is 21.4 Å². The van der Waals surface area contributed by atoms with Crippen LogP contribution in [0.4, 0.5) is 0 Å². The number of carbonyl (C=O) groups excluding carboxylic acids is 1. The Bertz CT molecular complexity index is 443. The van der Waals surface area contributed by atoms with Crippen LogP contribution in [0.3, 0.4) is 0 Å². The molecule has 0 N–H and O–H groups in total. The molecule has 0 radical (unpaired) electrons. The quantitative estimate of drug-likeness (QED) is 0.795. The third-order valence-corrected chi connectivity index (χ3v) is 4.09. The minimum atomic E-state index is -0.440. The molecule has 3 rings (SSSR count). The number of carbonyl (C=O) groups is 1. The van der Waals surface area contributed by atoms with E-state index < -0.39 is 5.79 Å². The van der Waals surface area contributed by atoms with E-state index in [0.717, 1.165) is 12.8 Å². The van der Waals surface area contributed by atoms with Crippen LogP contribution in [-0.4, -0.2) is 42.9 Å². The van der Waals surface area contributed by atoms with Crippen LogP contribution >= 0.6 is 15.9 Å². The summed E-state index contributed by atoms with van der Waals surface area (Å²) >= 11 is 3.23. The van der Waals surface area contributed by atoms with Gasteiger partial charge in [0.25, 0.3) is 5.91 Å². The number of hydrogen-bond donors (Lipinski definition) is 0. The summed E-state index contributed by atoms with van der Waals surface area (Å²) in [6.07, 6.45) is 2.97. The summed E-state index contributed by atoms with van der Waals surface area (Å²) in [5.41, 5.74) is 0.569. The van der Waals surface area contributed by atoms with Gasteiger partial charge >= 0.3 is 0 Å². The molecule has 0 unspecified atom stereocenters. The molecular weight excluding hydrogens is 302 g/mol. The summed E-state index contributed by atoms with van der Waals surface area (Å²) in [6, 6.07) is 1.68. The smallest absolute Gasteiger partial charge is 0.258 e. The molecule has 2 aliphatic rings. The van der Waals surface area contributed by atoms with E-state index in [4.69, 9.17) is 13.9 Å². The lowest BCUT2D eigenvalue weighted by molar-refractivity contribution is -0.181. The van der Waals surface area contributed by atoms with Crippen molar-refractivity contribution in [2.24, 2.45) is 0 Å². The first-order valence-corrected chi connectivity index (χ1v) is 6.80. The Morgan fingerprint density at radius 3 is 2.50 bits per heavy atom. The molecule has 0 aliphatic carbocycles. The van der Waals surface area contributed by atoms with Crippen molar-refractivity contribution in [2.75, 3.05) is 26.3 Å². The number of amides is 1. The van der Waals surface area contributed by atoms with Crippen LogP contribution in [0.1, 0.15) is 23.2 Å². The predicted molar refractivity (Wildman–Crippen MR) is 66.2 cm³/mol. The second-order valence-corrected chi connectivity index (χ2v) is 5.23. The molecule has 1 aromatic heterocycles. The SMILES string of the molecule is O=C(c1ccoc1Br)N1CCC2(CC1)OCCO2. The Morgan fingerprint density at radius 1 is 1.28 bits per heavy atom. The molecule has 2 aliphatic heterocycles. The van der Waals surface area contributed by atoms with Crippen molar-refractivity contribution >= 4 is 21.8 Å². The van der Waals surface area contributed by atoms with Gasteiger partial charge in [0.1, 0.15) is 0 Å². The van der Waals surface area contributed by atoms with Gasteiger partial charge in [-0.25, -0.2) is 0 Å². The number of likely N-dealkylation sites (tertiary alicyclic amines) is 1. The van der Waals surface area contributed by atoms with Crippen LogP contribution in [-0.2, 0) is 9.47 Å². The molecule has 6 heteroatoms. The van der Waals surface area contributed by atoms with Gasteiger partial charge in [0.2, 0.25) is 0 Å². The number of rotatable bonds is 1. The fourth-order valence-electron chi connectivity index (χ4n) is 2.45. The molecule has 1 amide bonds. The molecule has 2 saturated heterocycles. The molecule has 1 aromatic rings. The highest BCUT2D eigenvalue weighted by molar-refractivity contribution is 9.10. The Balaban J connectivity index is 1.66. The number of nitrogens with zero attached hydrogens (tertiary/aromatic N) is 1. The van der Waals surface area contributed by atoms with E-state index in [1.54, 1.807) is 6.07 Å². The number of hydrogen-bond acceptors (Lipinski definition) is 4. The maximum Gasteiger partial charge on any atom is 0.258 e. The highest BCUT2D eigenvalue weighted by Gasteiger charge is 2.41. The molecule has 1 spiro atoms. The molecule has 18 heavy (non-hydrogen) atoms. The second kappa shape index (κ2) is 4.68. The monoisotopic (exact) mass is 315 g/mol. The highest BCUT2D eigenvalue weighted by atomic mass is 79.9. The van der Waals surface area contributed by atoms with Crippen molar-refractivity contribution in [3.05, 3.63) is 22.6 Å². The molecular formula is C12H14BrNO4. The third-order valence-electron chi connectivity index (χ3n) is 3.47. The van der Waals surface area contributed by atoms with Crippen LogP contribution < -0.4 is 0 Å². The zero-order chi connectivity index (χ0) is 12.6. The van der Waals surface area contributed by atoms with Crippen LogP contribution in [0.25, 0.3) is 0 Å². The lowest BCUT2D eigenvalue weighted by atomic mass is 10.0. The van der Waals surface area contributed by atoms with Gasteiger partial charge in [-0.05, 0) is 22.0 Å². The summed E-state index contributed by atoms with van der Waals surface area (Å²) in [5, 5.41) is 0. The van der Waals surface area contributed by atoms with Crippen LogP contribution in [0.2, 0.25) is 0 Å². The predicted octanol–water partition coefficient (Wildman–Crippen LogP) is 2.02. The standard InChI is InChI=1S/C12H14BrNO4/c13-10-9(1-6-16-10)11(15)14-4-2-12(3-5-14)17-7-8-18-12/h1,6H,2-5,7-8H2. The number of piperidine rings is 1. The molecule has 0 bridgehead atoms. The minimum absolute atomic E-state index is 0.0107. The largest absolute Gasteiger partial charge is 0.457 e. The van der Waals surface area contributed by atoms with E-state index in [9.17, 15) is 4.79 Å². The molecule has 0 saturated carbocycles. The third kappa shape index (κ3) is 2.08. The first kappa shape index (κ1) is 12.2. The summed E-state index contributed by atoms with van der Waals surface area (Å²) in [7, 11) is 0. The minimum Gasteiger partial charge on any atom is -0.457 e. The van der Waals surface area contributed by atoms with E-state index in [0.29, 0.717) is 36.5 Å². The number of halogens is 1. The maximum absolute atomic E-state index is 12.2. The number of furan rings is 1. The topological polar surface area (TPSA) is 51.9 Å². The van der Waals surface area contributed by atoms with Gasteiger partial charge in [-0.15, -0.1) is 0 Å². The molecule has 0 aromatic carbocycles. The summed E-state index contributed by atoms with van der Waals surface area (Å²) in [6.45, 7) is 2.61. The van der Waals surface area contributed by atoms with E-state index in [-0.39, 0.29) is 5.91 Å². The Kier molecular flexibility index (Phi) is 3.17. The molecule has 2 fully saturated rings. The van der Waals surface area contributed by atoms with Crippen molar-refractivity contribution in [1.82, 2.24) is 4.90 Å². The lowest BCUT2D eigenvalue weighted by Crippen LogP contribution is -2.47. The Hall–Kier alpha value is -0.850. The van der Waals surface area contributed by atoms with Gasteiger partial charge in [-0.3, -0.25) is 4.79 Å². The van der Waals surface area contributed by atoms with Crippen LogP contribution in [0, 0.1) is 0 Å². The van der Waals surface area contributed by atoms with Crippen LogP contribution in [0.5, 0.6) is 0 Å². The van der Waals surface area contributed by atoms with Crippen molar-refractivity contribution in [3.8, 4) is 0 Å². The fourth-order valence-corrected chi connectivity index (χ4v) is 2.86. The summed E-state index contributed by atoms with van der Waals surface area (Å²) in [4.78, 5) is 14.1. The van der Waals surface area contributed by atoms with Gasteiger partial charge in [0.15, 0.2) is 10.5 Å².